The molecular formula is C21H21ClN4. The van der Waals surface area contributed by atoms with Crippen LogP contribution in [0.1, 0.15) is 18.4 Å². The van der Waals surface area contributed by atoms with E-state index >= 15 is 0 Å². The minimum atomic E-state index is 0.640. The number of para-hydroxylation sites is 1. The molecule has 4 aromatic rings. The quantitative estimate of drug-likeness (QED) is 0.567. The number of nitrogens with zero attached hydrogens (tertiary/aromatic N) is 3. The maximum absolute atomic E-state index is 6.44. The first-order chi connectivity index (χ1) is 12.7. The predicted octanol–water partition coefficient (Wildman–Crippen LogP) is 4.80. The molecule has 0 spiro atoms. The molecule has 0 bridgehead atoms. The van der Waals surface area contributed by atoms with Crippen molar-refractivity contribution in [2.45, 2.75) is 25.3 Å². The van der Waals surface area contributed by atoms with Crippen molar-refractivity contribution >= 4 is 33.5 Å². The van der Waals surface area contributed by atoms with E-state index in [1.165, 1.54) is 35.9 Å². The predicted molar refractivity (Wildman–Crippen MR) is 107 cm³/mol. The van der Waals surface area contributed by atoms with Gasteiger partial charge >= 0.3 is 0 Å². The van der Waals surface area contributed by atoms with Crippen LogP contribution in [0.4, 0.5) is 0 Å². The lowest BCUT2D eigenvalue weighted by atomic mass is 10.0. The summed E-state index contributed by atoms with van der Waals surface area (Å²) in [4.78, 5) is 10.4. The first-order valence-electron chi connectivity index (χ1n) is 9.13. The molecule has 132 valence electrons. The molecule has 0 saturated carbocycles. The van der Waals surface area contributed by atoms with Crippen LogP contribution in [0.15, 0.2) is 48.9 Å². The summed E-state index contributed by atoms with van der Waals surface area (Å²) in [5.74, 6) is 0. The summed E-state index contributed by atoms with van der Waals surface area (Å²) in [6.45, 7) is 1.21. The van der Waals surface area contributed by atoms with E-state index < -0.39 is 0 Å². The number of H-pyrrole nitrogens is 1. The number of imidazole rings is 1. The van der Waals surface area contributed by atoms with Crippen molar-refractivity contribution in [2.24, 2.45) is 0 Å². The summed E-state index contributed by atoms with van der Waals surface area (Å²) in [7, 11) is 2.23. The molecule has 0 amide bonds. The zero-order valence-electron chi connectivity index (χ0n) is 14.7. The first kappa shape index (κ1) is 15.9. The second-order valence-corrected chi connectivity index (χ2v) is 7.65. The molecule has 3 heterocycles. The van der Waals surface area contributed by atoms with Crippen molar-refractivity contribution < 1.29 is 0 Å². The number of rotatable bonds is 3. The van der Waals surface area contributed by atoms with Crippen LogP contribution in [-0.2, 0) is 6.42 Å². The van der Waals surface area contributed by atoms with E-state index in [-0.39, 0.29) is 0 Å². The van der Waals surface area contributed by atoms with Gasteiger partial charge in [-0.1, -0.05) is 17.7 Å². The van der Waals surface area contributed by atoms with Gasteiger partial charge in [0, 0.05) is 28.8 Å². The fourth-order valence-corrected chi connectivity index (χ4v) is 4.46. The number of aromatic amines is 1. The molecule has 1 fully saturated rings. The van der Waals surface area contributed by atoms with Crippen molar-refractivity contribution in [3.05, 3.63) is 59.5 Å². The highest BCUT2D eigenvalue weighted by Gasteiger charge is 2.22. The number of benzene rings is 2. The highest BCUT2D eigenvalue weighted by atomic mass is 35.5. The Bertz CT molecular complexity index is 1090. The summed E-state index contributed by atoms with van der Waals surface area (Å²) in [6, 6.07) is 13.0. The summed E-state index contributed by atoms with van der Waals surface area (Å²) >= 11 is 6.44. The van der Waals surface area contributed by atoms with Crippen molar-refractivity contribution in [1.82, 2.24) is 19.4 Å². The van der Waals surface area contributed by atoms with Crippen LogP contribution in [0.2, 0.25) is 5.02 Å². The van der Waals surface area contributed by atoms with E-state index in [4.69, 9.17) is 11.6 Å². The van der Waals surface area contributed by atoms with E-state index in [0.29, 0.717) is 6.04 Å². The number of likely N-dealkylation sites (N-methyl/N-ethyl adjacent to an activating group) is 1. The highest BCUT2D eigenvalue weighted by Crippen LogP contribution is 2.29. The number of halogens is 1. The maximum Gasteiger partial charge on any atom is 0.100 e. The summed E-state index contributed by atoms with van der Waals surface area (Å²) in [5.41, 5.74) is 5.53. The lowest BCUT2D eigenvalue weighted by molar-refractivity contribution is 0.310. The van der Waals surface area contributed by atoms with Gasteiger partial charge in [-0.15, -0.1) is 0 Å². The average Bonchev–Trinajstić information content (AvgIpc) is 3.35. The van der Waals surface area contributed by atoms with Crippen molar-refractivity contribution in [3.8, 4) is 5.69 Å². The Morgan fingerprint density at radius 2 is 2.19 bits per heavy atom. The summed E-state index contributed by atoms with van der Waals surface area (Å²) in [6.07, 6.45) is 7.69. The van der Waals surface area contributed by atoms with Crippen LogP contribution < -0.4 is 0 Å². The Hall–Kier alpha value is -2.30. The van der Waals surface area contributed by atoms with Gasteiger partial charge in [-0.25, -0.2) is 4.98 Å². The molecule has 5 heteroatoms. The fourth-order valence-electron chi connectivity index (χ4n) is 4.20. The Morgan fingerprint density at radius 1 is 1.27 bits per heavy atom. The van der Waals surface area contributed by atoms with E-state index in [2.05, 4.69) is 50.9 Å². The molecule has 26 heavy (non-hydrogen) atoms. The van der Waals surface area contributed by atoms with Crippen LogP contribution in [-0.4, -0.2) is 39.1 Å². The molecule has 1 saturated heterocycles. The molecule has 5 rings (SSSR count). The van der Waals surface area contributed by atoms with Crippen molar-refractivity contribution in [1.29, 1.82) is 0 Å². The second kappa shape index (κ2) is 6.15. The Kier molecular flexibility index (Phi) is 3.76. The van der Waals surface area contributed by atoms with Crippen LogP contribution in [0, 0.1) is 0 Å². The molecule has 1 atom stereocenters. The van der Waals surface area contributed by atoms with E-state index in [9.17, 15) is 0 Å². The SMILES string of the molecule is CN1CCC[C@@H]1Cc1c[nH]c2ccc(-n3cnc4cccc(Cl)c43)cc12. The van der Waals surface area contributed by atoms with Gasteiger partial charge in [0.05, 0.1) is 16.1 Å². The van der Waals surface area contributed by atoms with Gasteiger partial charge in [-0.3, -0.25) is 4.57 Å². The van der Waals surface area contributed by atoms with E-state index in [1.807, 2.05) is 24.5 Å². The number of hydrogen-bond acceptors (Lipinski definition) is 2. The van der Waals surface area contributed by atoms with Crippen molar-refractivity contribution in [3.63, 3.8) is 0 Å². The summed E-state index contributed by atoms with van der Waals surface area (Å²) < 4.78 is 2.08. The smallest absolute Gasteiger partial charge is 0.100 e. The van der Waals surface area contributed by atoms with Gasteiger partial charge in [0.15, 0.2) is 0 Å². The van der Waals surface area contributed by atoms with Crippen molar-refractivity contribution in [2.75, 3.05) is 13.6 Å². The molecular weight excluding hydrogens is 344 g/mol. The van der Waals surface area contributed by atoms with Crippen LogP contribution in [0.3, 0.4) is 0 Å². The zero-order chi connectivity index (χ0) is 17.7. The standard InChI is InChI=1S/C21H21ClN4/c1-25-9-3-4-15(25)10-14-12-23-19-8-7-16(11-17(14)19)26-13-24-20-6-2-5-18(22)21(20)26/h2,5-8,11-13,15,23H,3-4,9-10H2,1H3/t15-/m1/s1. The Morgan fingerprint density at radius 3 is 3.04 bits per heavy atom. The number of likely N-dealkylation sites (tertiary alicyclic amines) is 1. The van der Waals surface area contributed by atoms with Gasteiger partial charge in [0.25, 0.3) is 0 Å². The molecule has 0 radical (unpaired) electrons. The number of aromatic nitrogens is 3. The monoisotopic (exact) mass is 364 g/mol. The second-order valence-electron chi connectivity index (χ2n) is 7.25. The third-order valence-corrected chi connectivity index (χ3v) is 5.98. The lowest BCUT2D eigenvalue weighted by Crippen LogP contribution is -2.26. The fraction of sp³-hybridized carbons (Fsp3) is 0.286. The lowest BCUT2D eigenvalue weighted by Gasteiger charge is -2.18. The minimum Gasteiger partial charge on any atom is -0.361 e. The molecule has 1 aliphatic rings. The van der Waals surface area contributed by atoms with Crippen LogP contribution >= 0.6 is 11.6 Å². The van der Waals surface area contributed by atoms with Gasteiger partial charge in [0.1, 0.15) is 6.33 Å². The van der Waals surface area contributed by atoms with Gasteiger partial charge < -0.3 is 9.88 Å². The Balaban J connectivity index is 1.60. The molecule has 1 aliphatic heterocycles. The van der Waals surface area contributed by atoms with E-state index in [0.717, 1.165) is 28.2 Å². The molecule has 0 aliphatic carbocycles. The molecule has 2 aromatic carbocycles. The highest BCUT2D eigenvalue weighted by molar-refractivity contribution is 6.35. The Labute approximate surface area is 157 Å². The minimum absolute atomic E-state index is 0.640. The normalized spacial score (nSPS) is 18.3. The van der Waals surface area contributed by atoms with Gasteiger partial charge in [0.2, 0.25) is 0 Å². The van der Waals surface area contributed by atoms with Gasteiger partial charge in [-0.2, -0.15) is 0 Å². The average molecular weight is 365 g/mol. The number of fused-ring (bicyclic) bond motifs is 2. The van der Waals surface area contributed by atoms with Crippen LogP contribution in [0.5, 0.6) is 0 Å². The summed E-state index contributed by atoms with van der Waals surface area (Å²) in [5, 5.41) is 2.01. The van der Waals surface area contributed by atoms with Crippen LogP contribution in [0.25, 0.3) is 27.6 Å². The molecule has 4 nitrogen and oxygen atoms in total. The maximum atomic E-state index is 6.44. The number of nitrogens with one attached hydrogen (secondary N) is 1. The largest absolute Gasteiger partial charge is 0.361 e. The van der Waals surface area contributed by atoms with E-state index in [1.54, 1.807) is 0 Å². The first-order valence-corrected chi connectivity index (χ1v) is 9.51. The molecule has 1 N–H and O–H groups in total. The third kappa shape index (κ3) is 2.52. The topological polar surface area (TPSA) is 36.9 Å². The third-order valence-electron chi connectivity index (χ3n) is 5.67. The molecule has 2 aromatic heterocycles. The molecule has 0 unspecified atom stereocenters. The van der Waals surface area contributed by atoms with Gasteiger partial charge in [-0.05, 0) is 68.8 Å². The zero-order valence-corrected chi connectivity index (χ0v) is 15.5. The number of hydrogen-bond donors (Lipinski definition) is 1.